The third-order valence-corrected chi connectivity index (χ3v) is 3.17. The molecule has 0 spiro atoms. The van der Waals surface area contributed by atoms with Crippen LogP contribution in [0.4, 0.5) is 0 Å². The van der Waals surface area contributed by atoms with E-state index in [-0.39, 0.29) is 0 Å². The summed E-state index contributed by atoms with van der Waals surface area (Å²) in [5.41, 5.74) is 2.53. The molecule has 1 aromatic heterocycles. The first kappa shape index (κ1) is 13.7. The summed E-state index contributed by atoms with van der Waals surface area (Å²) >= 11 is 0. The highest BCUT2D eigenvalue weighted by atomic mass is 16.5. The van der Waals surface area contributed by atoms with Crippen molar-refractivity contribution in [3.8, 4) is 5.75 Å². The number of rotatable bonds is 6. The first-order valence-electron chi connectivity index (χ1n) is 6.86. The average Bonchev–Trinajstić information content (AvgIpc) is 2.87. The Bertz CT molecular complexity index is 503. The molecule has 2 rings (SSSR count). The molecule has 0 aliphatic carbocycles. The second-order valence-corrected chi connectivity index (χ2v) is 5.20. The molecule has 19 heavy (non-hydrogen) atoms. The van der Waals surface area contributed by atoms with E-state index < -0.39 is 0 Å². The summed E-state index contributed by atoms with van der Waals surface area (Å²) in [6.07, 6.45) is 6.61. The maximum atomic E-state index is 5.94. The predicted molar refractivity (Wildman–Crippen MR) is 77.6 cm³/mol. The molecule has 0 radical (unpaired) electrons. The standard InChI is InChI=1S/C16H22N2O/c1-13(2)15-6-5-14(3)11-16(15)19-10-4-8-18-9-7-17-12-18/h5-7,9,11-13H,4,8,10H2,1-3H3. The van der Waals surface area contributed by atoms with E-state index in [0.717, 1.165) is 25.3 Å². The van der Waals surface area contributed by atoms with E-state index in [2.05, 4.69) is 48.5 Å². The van der Waals surface area contributed by atoms with Crippen molar-refractivity contribution in [1.29, 1.82) is 0 Å². The number of hydrogen-bond donors (Lipinski definition) is 0. The number of aryl methyl sites for hydroxylation is 2. The van der Waals surface area contributed by atoms with Crippen molar-refractivity contribution in [2.24, 2.45) is 0 Å². The average molecular weight is 258 g/mol. The molecule has 3 heteroatoms. The van der Waals surface area contributed by atoms with Gasteiger partial charge in [0.2, 0.25) is 0 Å². The highest BCUT2D eigenvalue weighted by Crippen LogP contribution is 2.27. The van der Waals surface area contributed by atoms with Gasteiger partial charge in [-0.25, -0.2) is 4.98 Å². The SMILES string of the molecule is Cc1ccc(C(C)C)c(OCCCn2ccnc2)c1. The van der Waals surface area contributed by atoms with Crippen LogP contribution in [0.2, 0.25) is 0 Å². The maximum absolute atomic E-state index is 5.94. The molecule has 0 saturated carbocycles. The fourth-order valence-corrected chi connectivity index (χ4v) is 2.09. The number of nitrogens with zero attached hydrogens (tertiary/aromatic N) is 2. The van der Waals surface area contributed by atoms with Gasteiger partial charge in [-0.05, 0) is 36.5 Å². The highest BCUT2D eigenvalue weighted by molar-refractivity contribution is 5.39. The van der Waals surface area contributed by atoms with Crippen LogP contribution in [-0.4, -0.2) is 16.2 Å². The molecule has 1 heterocycles. The quantitative estimate of drug-likeness (QED) is 0.737. The van der Waals surface area contributed by atoms with E-state index in [1.165, 1.54) is 11.1 Å². The molecule has 0 unspecified atom stereocenters. The van der Waals surface area contributed by atoms with Gasteiger partial charge in [0.25, 0.3) is 0 Å². The van der Waals surface area contributed by atoms with Crippen LogP contribution in [0.25, 0.3) is 0 Å². The maximum Gasteiger partial charge on any atom is 0.123 e. The minimum absolute atomic E-state index is 0.490. The van der Waals surface area contributed by atoms with Crippen molar-refractivity contribution in [3.05, 3.63) is 48.0 Å². The van der Waals surface area contributed by atoms with Gasteiger partial charge in [0.05, 0.1) is 12.9 Å². The van der Waals surface area contributed by atoms with Gasteiger partial charge in [-0.1, -0.05) is 26.0 Å². The number of aromatic nitrogens is 2. The smallest absolute Gasteiger partial charge is 0.123 e. The first-order valence-corrected chi connectivity index (χ1v) is 6.86. The van der Waals surface area contributed by atoms with Crippen molar-refractivity contribution >= 4 is 0 Å². The molecular weight excluding hydrogens is 236 g/mol. The van der Waals surface area contributed by atoms with Gasteiger partial charge in [-0.3, -0.25) is 0 Å². The monoisotopic (exact) mass is 258 g/mol. The Hall–Kier alpha value is -1.77. The Kier molecular flexibility index (Phi) is 4.61. The minimum atomic E-state index is 0.490. The summed E-state index contributed by atoms with van der Waals surface area (Å²) in [7, 11) is 0. The zero-order valence-corrected chi connectivity index (χ0v) is 12.0. The Morgan fingerprint density at radius 2 is 2.16 bits per heavy atom. The van der Waals surface area contributed by atoms with Crippen molar-refractivity contribution in [3.63, 3.8) is 0 Å². The fraction of sp³-hybridized carbons (Fsp3) is 0.438. The summed E-state index contributed by atoms with van der Waals surface area (Å²) in [5.74, 6) is 1.52. The van der Waals surface area contributed by atoms with Crippen LogP contribution in [0.1, 0.15) is 37.3 Å². The van der Waals surface area contributed by atoms with Crippen molar-refractivity contribution in [2.75, 3.05) is 6.61 Å². The number of hydrogen-bond acceptors (Lipinski definition) is 2. The molecule has 1 aromatic carbocycles. The summed E-state index contributed by atoms with van der Waals surface area (Å²) < 4.78 is 8.02. The predicted octanol–water partition coefficient (Wildman–Crippen LogP) is 3.78. The van der Waals surface area contributed by atoms with Gasteiger partial charge in [-0.15, -0.1) is 0 Å². The van der Waals surface area contributed by atoms with Crippen LogP contribution in [0.3, 0.4) is 0 Å². The largest absolute Gasteiger partial charge is 0.493 e. The molecule has 0 fully saturated rings. The molecular formula is C16H22N2O. The first-order chi connectivity index (χ1) is 9.16. The van der Waals surface area contributed by atoms with Crippen LogP contribution in [0.15, 0.2) is 36.9 Å². The fourth-order valence-electron chi connectivity index (χ4n) is 2.09. The molecule has 102 valence electrons. The molecule has 0 amide bonds. The van der Waals surface area contributed by atoms with Gasteiger partial charge in [-0.2, -0.15) is 0 Å². The Labute approximate surface area is 115 Å². The number of benzene rings is 1. The van der Waals surface area contributed by atoms with Crippen LogP contribution in [-0.2, 0) is 6.54 Å². The molecule has 3 nitrogen and oxygen atoms in total. The molecule has 0 aliphatic heterocycles. The third kappa shape index (κ3) is 3.85. The number of ether oxygens (including phenoxy) is 1. The molecule has 2 aromatic rings. The molecule has 0 atom stereocenters. The van der Waals surface area contributed by atoms with Crippen molar-refractivity contribution in [1.82, 2.24) is 9.55 Å². The Morgan fingerprint density at radius 1 is 1.32 bits per heavy atom. The number of imidazole rings is 1. The van der Waals surface area contributed by atoms with Gasteiger partial charge < -0.3 is 9.30 Å². The Balaban J connectivity index is 1.89. The van der Waals surface area contributed by atoms with Gasteiger partial charge >= 0.3 is 0 Å². The minimum Gasteiger partial charge on any atom is -0.493 e. The lowest BCUT2D eigenvalue weighted by Gasteiger charge is -2.15. The molecule has 0 bridgehead atoms. The summed E-state index contributed by atoms with van der Waals surface area (Å²) in [4.78, 5) is 4.03. The van der Waals surface area contributed by atoms with Crippen molar-refractivity contribution < 1.29 is 4.74 Å². The molecule has 0 saturated heterocycles. The zero-order valence-electron chi connectivity index (χ0n) is 12.0. The summed E-state index contributed by atoms with van der Waals surface area (Å²) in [5, 5.41) is 0. The topological polar surface area (TPSA) is 27.1 Å². The summed E-state index contributed by atoms with van der Waals surface area (Å²) in [6, 6.07) is 6.45. The lowest BCUT2D eigenvalue weighted by molar-refractivity contribution is 0.297. The molecule has 0 N–H and O–H groups in total. The van der Waals surface area contributed by atoms with Gasteiger partial charge in [0.1, 0.15) is 5.75 Å². The van der Waals surface area contributed by atoms with Crippen molar-refractivity contribution in [2.45, 2.75) is 39.7 Å². The second kappa shape index (κ2) is 6.41. The van der Waals surface area contributed by atoms with Crippen LogP contribution in [0.5, 0.6) is 5.75 Å². The van der Waals surface area contributed by atoms with Gasteiger partial charge in [0, 0.05) is 18.9 Å². The van der Waals surface area contributed by atoms with Crippen LogP contribution < -0.4 is 4.74 Å². The Morgan fingerprint density at radius 3 is 2.84 bits per heavy atom. The van der Waals surface area contributed by atoms with E-state index >= 15 is 0 Å². The highest BCUT2D eigenvalue weighted by Gasteiger charge is 2.07. The lowest BCUT2D eigenvalue weighted by atomic mass is 10.0. The normalized spacial score (nSPS) is 10.9. The zero-order chi connectivity index (χ0) is 13.7. The lowest BCUT2D eigenvalue weighted by Crippen LogP contribution is -2.05. The van der Waals surface area contributed by atoms with E-state index in [9.17, 15) is 0 Å². The van der Waals surface area contributed by atoms with Crippen LogP contribution >= 0.6 is 0 Å². The summed E-state index contributed by atoms with van der Waals surface area (Å²) in [6.45, 7) is 8.18. The van der Waals surface area contributed by atoms with E-state index in [4.69, 9.17) is 4.74 Å². The third-order valence-electron chi connectivity index (χ3n) is 3.17. The van der Waals surface area contributed by atoms with E-state index in [0.29, 0.717) is 5.92 Å². The van der Waals surface area contributed by atoms with Crippen LogP contribution in [0, 0.1) is 6.92 Å². The van der Waals surface area contributed by atoms with Gasteiger partial charge in [0.15, 0.2) is 0 Å². The van der Waals surface area contributed by atoms with E-state index in [1.54, 1.807) is 6.20 Å². The van der Waals surface area contributed by atoms with E-state index in [1.807, 2.05) is 12.5 Å². The second-order valence-electron chi connectivity index (χ2n) is 5.20. The molecule has 0 aliphatic rings.